The van der Waals surface area contributed by atoms with Crippen LogP contribution in [0.3, 0.4) is 0 Å². The molecule has 3 aliphatic heterocycles. The van der Waals surface area contributed by atoms with Crippen molar-refractivity contribution < 1.29 is 22.7 Å². The van der Waals surface area contributed by atoms with Crippen molar-refractivity contribution in [1.29, 1.82) is 5.26 Å². The third kappa shape index (κ3) is 6.07. The predicted molar refractivity (Wildman–Crippen MR) is 159 cm³/mol. The summed E-state index contributed by atoms with van der Waals surface area (Å²) in [6.45, 7) is 8.35. The number of nitriles is 1. The molecule has 0 bridgehead atoms. The van der Waals surface area contributed by atoms with Crippen molar-refractivity contribution in [2.75, 3.05) is 55.6 Å². The molecule has 2 aromatic rings. The van der Waals surface area contributed by atoms with Crippen LogP contribution in [-0.2, 0) is 23.9 Å². The van der Waals surface area contributed by atoms with Crippen LogP contribution in [0.5, 0.6) is 6.01 Å². The average molecular weight is 610 g/mol. The second-order valence-electron chi connectivity index (χ2n) is 12.3. The fraction of sp³-hybridized carbons (Fsp3) is 0.562. The van der Waals surface area contributed by atoms with E-state index in [1.807, 2.05) is 0 Å². The van der Waals surface area contributed by atoms with Crippen LogP contribution in [-0.4, -0.2) is 83.1 Å². The highest BCUT2D eigenvalue weighted by molar-refractivity contribution is 5.87. The van der Waals surface area contributed by atoms with Gasteiger partial charge in [0.1, 0.15) is 11.4 Å². The number of ether oxygens (including phenoxy) is 1. The number of aromatic nitrogens is 2. The number of amides is 1. The molecule has 0 N–H and O–H groups in total. The van der Waals surface area contributed by atoms with Crippen LogP contribution in [0, 0.1) is 11.3 Å². The number of para-hydroxylation sites is 1. The van der Waals surface area contributed by atoms with Gasteiger partial charge in [-0.1, -0.05) is 18.7 Å². The van der Waals surface area contributed by atoms with E-state index in [4.69, 9.17) is 14.7 Å². The molecule has 0 radical (unpaired) electrons. The summed E-state index contributed by atoms with van der Waals surface area (Å²) in [5.41, 5.74) is 0.578. The Kier molecular flexibility index (Phi) is 8.42. The van der Waals surface area contributed by atoms with Gasteiger partial charge in [0.15, 0.2) is 0 Å². The van der Waals surface area contributed by atoms with Crippen molar-refractivity contribution in [3.05, 3.63) is 53.7 Å². The summed E-state index contributed by atoms with van der Waals surface area (Å²) in [5.74, 6) is 0.464. The molecule has 1 saturated carbocycles. The molecule has 12 heteroatoms. The Morgan fingerprint density at radius 2 is 1.86 bits per heavy atom. The first-order valence-electron chi connectivity index (χ1n) is 15.5. The van der Waals surface area contributed by atoms with Crippen LogP contribution in [0.1, 0.15) is 55.3 Å². The normalized spacial score (nSPS) is 21.8. The van der Waals surface area contributed by atoms with Crippen molar-refractivity contribution >= 4 is 17.4 Å². The van der Waals surface area contributed by atoms with Crippen LogP contribution in [0.15, 0.2) is 36.9 Å². The van der Waals surface area contributed by atoms with E-state index in [1.165, 1.54) is 24.6 Å². The van der Waals surface area contributed by atoms with Gasteiger partial charge in [0.25, 0.3) is 0 Å². The summed E-state index contributed by atoms with van der Waals surface area (Å²) >= 11 is 0. The predicted octanol–water partition coefficient (Wildman–Crippen LogP) is 4.57. The monoisotopic (exact) mass is 609 g/mol. The van der Waals surface area contributed by atoms with Gasteiger partial charge >= 0.3 is 12.2 Å². The SMILES string of the molecule is C=CC(=O)N1CCN(c2nc(OC3(CN4CCC4)CCCC3)nc3c2CCN(c2ccccc2C(F)(F)F)C3)C[C@@H]1CC#N. The number of likely N-dealkylation sites (tertiary alicyclic amines) is 1. The van der Waals surface area contributed by atoms with E-state index in [9.17, 15) is 23.2 Å². The van der Waals surface area contributed by atoms with Gasteiger partial charge in [-0.2, -0.15) is 28.4 Å². The summed E-state index contributed by atoms with van der Waals surface area (Å²) in [6, 6.07) is 7.75. The number of piperazine rings is 1. The standard InChI is InChI=1S/C32H38F3N7O2/c1-2-28(43)42-19-18-41(20-23(42)10-14-36)29-24-11-17-40(27-9-4-3-8-25(27)32(33,34)35)21-26(24)37-30(38-29)44-31(12-5-6-13-31)22-39-15-7-16-39/h2-4,8-9,23H,1,5-7,10-13,15-22H2/t23-/m0/s1. The Morgan fingerprint density at radius 3 is 2.55 bits per heavy atom. The van der Waals surface area contributed by atoms with Crippen LogP contribution < -0.4 is 14.5 Å². The van der Waals surface area contributed by atoms with Crippen LogP contribution in [0.2, 0.25) is 0 Å². The smallest absolute Gasteiger partial charge is 0.418 e. The lowest BCUT2D eigenvalue weighted by Gasteiger charge is -2.42. The lowest BCUT2D eigenvalue weighted by atomic mass is 9.99. The number of rotatable bonds is 8. The number of fused-ring (bicyclic) bond motifs is 1. The first-order chi connectivity index (χ1) is 21.2. The van der Waals surface area contributed by atoms with Crippen LogP contribution in [0.25, 0.3) is 0 Å². The van der Waals surface area contributed by atoms with E-state index in [1.54, 1.807) is 15.9 Å². The van der Waals surface area contributed by atoms with Crippen molar-refractivity contribution in [1.82, 2.24) is 19.8 Å². The Bertz CT molecular complexity index is 1430. The maximum atomic E-state index is 14.0. The zero-order valence-electron chi connectivity index (χ0n) is 24.9. The number of carbonyl (C=O) groups excluding carboxylic acids is 1. The third-order valence-corrected chi connectivity index (χ3v) is 9.42. The Hall–Kier alpha value is -3.85. The molecule has 1 amide bonds. The Morgan fingerprint density at radius 1 is 1.09 bits per heavy atom. The van der Waals surface area contributed by atoms with Crippen molar-refractivity contribution in [3.63, 3.8) is 0 Å². The number of carbonyl (C=O) groups is 1. The van der Waals surface area contributed by atoms with Gasteiger partial charge < -0.3 is 19.4 Å². The van der Waals surface area contributed by atoms with Gasteiger partial charge in [-0.25, -0.2) is 0 Å². The molecular weight excluding hydrogens is 571 g/mol. The number of benzene rings is 1. The zero-order chi connectivity index (χ0) is 30.9. The first kappa shape index (κ1) is 30.2. The lowest BCUT2D eigenvalue weighted by molar-refractivity contribution is -0.137. The van der Waals surface area contributed by atoms with Crippen molar-refractivity contribution in [3.8, 4) is 12.1 Å². The molecule has 9 nitrogen and oxygen atoms in total. The molecule has 4 aliphatic rings. The molecule has 234 valence electrons. The first-order valence-corrected chi connectivity index (χ1v) is 15.5. The third-order valence-electron chi connectivity index (χ3n) is 9.42. The molecule has 3 fully saturated rings. The Balaban J connectivity index is 1.36. The largest absolute Gasteiger partial charge is 0.455 e. The van der Waals surface area contributed by atoms with Gasteiger partial charge in [0.05, 0.1) is 36.3 Å². The van der Waals surface area contributed by atoms with Gasteiger partial charge in [-0.3, -0.25) is 9.69 Å². The number of hydrogen-bond donors (Lipinski definition) is 0. The number of alkyl halides is 3. The number of nitrogens with zero attached hydrogens (tertiary/aromatic N) is 7. The molecule has 0 unspecified atom stereocenters. The van der Waals surface area contributed by atoms with E-state index in [0.29, 0.717) is 44.1 Å². The molecule has 1 aliphatic carbocycles. The van der Waals surface area contributed by atoms with Crippen molar-refractivity contribution in [2.45, 2.75) is 69.3 Å². The molecule has 0 spiro atoms. The highest BCUT2D eigenvalue weighted by atomic mass is 19.4. The molecule has 4 heterocycles. The average Bonchev–Trinajstić information content (AvgIpc) is 3.46. The minimum atomic E-state index is -4.48. The maximum Gasteiger partial charge on any atom is 0.418 e. The van der Waals surface area contributed by atoms with E-state index in [0.717, 1.165) is 56.9 Å². The molecular formula is C32H38F3N7O2. The second kappa shape index (κ2) is 12.3. The minimum Gasteiger partial charge on any atom is -0.455 e. The van der Waals surface area contributed by atoms with Crippen molar-refractivity contribution in [2.24, 2.45) is 0 Å². The van der Waals surface area contributed by atoms with E-state index in [-0.39, 0.29) is 36.6 Å². The van der Waals surface area contributed by atoms with Gasteiger partial charge in [0, 0.05) is 44.0 Å². The number of anilines is 2. The molecule has 44 heavy (non-hydrogen) atoms. The zero-order valence-corrected chi connectivity index (χ0v) is 24.9. The van der Waals surface area contributed by atoms with Crippen LogP contribution in [0.4, 0.5) is 24.7 Å². The quantitative estimate of drug-likeness (QED) is 0.403. The van der Waals surface area contributed by atoms with E-state index in [2.05, 4.69) is 22.4 Å². The van der Waals surface area contributed by atoms with Gasteiger partial charge in [-0.15, -0.1) is 0 Å². The van der Waals surface area contributed by atoms with Gasteiger partial charge in [-0.05, 0) is 69.8 Å². The fourth-order valence-corrected chi connectivity index (χ4v) is 7.08. The molecule has 1 atom stereocenters. The summed E-state index contributed by atoms with van der Waals surface area (Å²) in [7, 11) is 0. The lowest BCUT2D eigenvalue weighted by Crippen LogP contribution is -2.55. The minimum absolute atomic E-state index is 0.129. The highest BCUT2D eigenvalue weighted by Crippen LogP contribution is 2.40. The van der Waals surface area contributed by atoms with Crippen LogP contribution >= 0.6 is 0 Å². The van der Waals surface area contributed by atoms with E-state index < -0.39 is 17.3 Å². The summed E-state index contributed by atoms with van der Waals surface area (Å²) in [5, 5.41) is 9.52. The summed E-state index contributed by atoms with van der Waals surface area (Å²) in [4.78, 5) is 30.3. The molecule has 2 saturated heterocycles. The summed E-state index contributed by atoms with van der Waals surface area (Å²) < 4.78 is 48.6. The maximum absolute atomic E-state index is 14.0. The number of halogens is 3. The molecule has 1 aromatic carbocycles. The van der Waals surface area contributed by atoms with E-state index >= 15 is 0 Å². The molecule has 6 rings (SSSR count). The molecule has 1 aromatic heterocycles. The van der Waals surface area contributed by atoms with Gasteiger partial charge in [0.2, 0.25) is 5.91 Å². The number of hydrogen-bond acceptors (Lipinski definition) is 8. The second-order valence-corrected chi connectivity index (χ2v) is 12.3. The highest BCUT2D eigenvalue weighted by Gasteiger charge is 2.41. The summed E-state index contributed by atoms with van der Waals surface area (Å²) in [6.07, 6.45) is 2.49. The Labute approximate surface area is 255 Å². The fourth-order valence-electron chi connectivity index (χ4n) is 7.08. The topological polar surface area (TPSA) is 88.8 Å².